The molecule has 3 aromatic heterocycles. The van der Waals surface area contributed by atoms with E-state index in [-0.39, 0.29) is 12.0 Å². The Labute approximate surface area is 175 Å². The van der Waals surface area contributed by atoms with Crippen LogP contribution in [0.15, 0.2) is 24.5 Å². The summed E-state index contributed by atoms with van der Waals surface area (Å²) in [5.41, 5.74) is 2.47. The van der Waals surface area contributed by atoms with Crippen molar-refractivity contribution in [2.45, 2.75) is 32.7 Å². The molecule has 11 heteroatoms. The van der Waals surface area contributed by atoms with Crippen molar-refractivity contribution < 1.29 is 13.2 Å². The van der Waals surface area contributed by atoms with Gasteiger partial charge in [0.1, 0.15) is 0 Å². The molecule has 2 N–H and O–H groups in total. The number of hydrogen-bond donors (Lipinski definition) is 2. The van der Waals surface area contributed by atoms with Gasteiger partial charge in [-0.25, -0.2) is 12.7 Å². The minimum atomic E-state index is -3.17. The van der Waals surface area contributed by atoms with E-state index in [1.165, 1.54) is 10.6 Å². The lowest BCUT2D eigenvalue weighted by atomic mass is 9.95. The molecule has 0 aromatic carbocycles. The van der Waals surface area contributed by atoms with Crippen LogP contribution in [0.25, 0.3) is 16.8 Å². The van der Waals surface area contributed by atoms with E-state index in [4.69, 9.17) is 4.74 Å². The first-order chi connectivity index (χ1) is 14.4. The van der Waals surface area contributed by atoms with Crippen molar-refractivity contribution in [2.24, 2.45) is 5.92 Å². The number of pyridine rings is 1. The van der Waals surface area contributed by atoms with E-state index in [0.29, 0.717) is 43.6 Å². The van der Waals surface area contributed by atoms with E-state index in [1.807, 2.05) is 25.3 Å². The molecule has 3 aromatic rings. The van der Waals surface area contributed by atoms with Gasteiger partial charge in [0.15, 0.2) is 5.65 Å². The molecule has 1 saturated heterocycles. The van der Waals surface area contributed by atoms with Gasteiger partial charge in [-0.05, 0) is 30.9 Å². The molecule has 0 aliphatic carbocycles. The third-order valence-corrected chi connectivity index (χ3v) is 6.63. The second-order valence-corrected chi connectivity index (χ2v) is 9.71. The lowest BCUT2D eigenvalue weighted by Gasteiger charge is -2.35. The lowest BCUT2D eigenvalue weighted by Crippen LogP contribution is -2.47. The number of anilines is 1. The van der Waals surface area contributed by atoms with Crippen molar-refractivity contribution >= 4 is 21.6 Å². The monoisotopic (exact) mass is 433 g/mol. The van der Waals surface area contributed by atoms with Crippen molar-refractivity contribution in [3.8, 4) is 17.0 Å². The van der Waals surface area contributed by atoms with Gasteiger partial charge in [0.25, 0.3) is 0 Å². The van der Waals surface area contributed by atoms with Crippen LogP contribution in [0, 0.1) is 5.92 Å². The van der Waals surface area contributed by atoms with E-state index < -0.39 is 10.0 Å². The fourth-order valence-corrected chi connectivity index (χ4v) is 4.67. The molecular weight excluding hydrogens is 406 g/mol. The van der Waals surface area contributed by atoms with Crippen molar-refractivity contribution in [1.29, 1.82) is 0 Å². The van der Waals surface area contributed by atoms with Gasteiger partial charge < -0.3 is 10.1 Å². The third kappa shape index (κ3) is 4.12. The molecule has 0 spiro atoms. The summed E-state index contributed by atoms with van der Waals surface area (Å²) in [7, 11) is -3.17. The van der Waals surface area contributed by atoms with Crippen molar-refractivity contribution in [3.05, 3.63) is 24.5 Å². The number of sulfonamides is 1. The number of ether oxygens (including phenoxy) is 1. The van der Waals surface area contributed by atoms with Crippen molar-refractivity contribution in [2.75, 3.05) is 31.3 Å². The highest BCUT2D eigenvalue weighted by molar-refractivity contribution is 7.88. The SMILES string of the molecule is CCCOc1c(-c2cn[nH]c2)ccc2nc(N[C@H]3CCN(S(C)(=O)=O)C[C@H]3C)nn12. The maximum absolute atomic E-state index is 11.8. The van der Waals surface area contributed by atoms with Crippen LogP contribution in [0.4, 0.5) is 5.95 Å². The predicted octanol–water partition coefficient (Wildman–Crippen LogP) is 1.99. The summed E-state index contributed by atoms with van der Waals surface area (Å²) in [5.74, 6) is 1.26. The van der Waals surface area contributed by atoms with E-state index >= 15 is 0 Å². The molecule has 0 saturated carbocycles. The third-order valence-electron chi connectivity index (χ3n) is 5.36. The average Bonchev–Trinajstić information content (AvgIpc) is 3.36. The van der Waals surface area contributed by atoms with Gasteiger partial charge in [0, 0.05) is 36.5 Å². The maximum Gasteiger partial charge on any atom is 0.243 e. The maximum atomic E-state index is 11.8. The fraction of sp³-hybridized carbons (Fsp3) is 0.526. The highest BCUT2D eigenvalue weighted by Gasteiger charge is 2.31. The predicted molar refractivity (Wildman–Crippen MR) is 114 cm³/mol. The lowest BCUT2D eigenvalue weighted by molar-refractivity contribution is 0.262. The molecule has 0 bridgehead atoms. The first-order valence-electron chi connectivity index (χ1n) is 10.1. The Kier molecular flexibility index (Phi) is 5.65. The number of piperidine rings is 1. The molecule has 1 aliphatic heterocycles. The van der Waals surface area contributed by atoms with Crippen LogP contribution >= 0.6 is 0 Å². The Morgan fingerprint density at radius 2 is 2.20 bits per heavy atom. The minimum absolute atomic E-state index is 0.0915. The normalized spacial score (nSPS) is 20.5. The molecule has 4 heterocycles. The highest BCUT2D eigenvalue weighted by atomic mass is 32.2. The van der Waals surface area contributed by atoms with Crippen molar-refractivity contribution in [3.63, 3.8) is 0 Å². The Morgan fingerprint density at radius 1 is 1.37 bits per heavy atom. The van der Waals surface area contributed by atoms with E-state index in [1.54, 1.807) is 10.7 Å². The standard InChI is InChI=1S/C19H27N7O3S/c1-4-9-29-18-15(14-10-20-21-11-14)5-6-17-23-19(24-26(17)18)22-16-7-8-25(12-13(16)2)30(3,27)28/h5-6,10-11,13,16H,4,7-9,12H2,1-3H3,(H,20,21)(H,22,24)/t13-,16+/m1/s1. The second kappa shape index (κ2) is 8.23. The number of rotatable bonds is 7. The van der Waals surface area contributed by atoms with Crippen LogP contribution in [0.2, 0.25) is 0 Å². The van der Waals surface area contributed by atoms with Crippen LogP contribution in [-0.4, -0.2) is 69.5 Å². The molecular formula is C19H27N7O3S. The number of aromatic nitrogens is 5. The highest BCUT2D eigenvalue weighted by Crippen LogP contribution is 2.31. The molecule has 162 valence electrons. The van der Waals surface area contributed by atoms with Gasteiger partial charge in [-0.15, -0.1) is 5.10 Å². The molecule has 0 radical (unpaired) electrons. The summed E-state index contributed by atoms with van der Waals surface area (Å²) < 4.78 is 32.9. The minimum Gasteiger partial charge on any atom is -0.477 e. The molecule has 1 fully saturated rings. The Bertz CT molecular complexity index is 1110. The Morgan fingerprint density at radius 3 is 2.87 bits per heavy atom. The Balaban J connectivity index is 1.60. The zero-order valence-electron chi connectivity index (χ0n) is 17.4. The number of nitrogens with one attached hydrogen (secondary N) is 2. The van der Waals surface area contributed by atoms with Crippen molar-refractivity contribution in [1.82, 2.24) is 29.1 Å². The Hall–Kier alpha value is -2.66. The fourth-order valence-electron chi connectivity index (χ4n) is 3.73. The first kappa shape index (κ1) is 20.6. The summed E-state index contributed by atoms with van der Waals surface area (Å²) in [4.78, 5) is 4.61. The number of aromatic amines is 1. The van der Waals surface area contributed by atoms with Gasteiger partial charge in [-0.1, -0.05) is 13.8 Å². The van der Waals surface area contributed by atoms with E-state index in [0.717, 1.165) is 17.5 Å². The molecule has 2 atom stereocenters. The van der Waals surface area contributed by atoms with Crippen LogP contribution < -0.4 is 10.1 Å². The first-order valence-corrected chi connectivity index (χ1v) is 11.9. The number of nitrogens with zero attached hydrogens (tertiary/aromatic N) is 5. The molecule has 0 unspecified atom stereocenters. The molecule has 0 amide bonds. The van der Waals surface area contributed by atoms with E-state index in [2.05, 4.69) is 32.5 Å². The van der Waals surface area contributed by atoms with Gasteiger partial charge >= 0.3 is 0 Å². The number of hydrogen-bond acceptors (Lipinski definition) is 7. The summed E-state index contributed by atoms with van der Waals surface area (Å²) in [6.07, 6.45) is 6.38. The van der Waals surface area contributed by atoms with E-state index in [9.17, 15) is 8.42 Å². The summed E-state index contributed by atoms with van der Waals surface area (Å²) in [6.45, 7) is 5.63. The van der Waals surface area contributed by atoms with Gasteiger partial charge in [0.05, 0.1) is 19.1 Å². The topological polar surface area (TPSA) is 118 Å². The summed E-state index contributed by atoms with van der Waals surface area (Å²) in [6, 6.07) is 3.94. The zero-order valence-corrected chi connectivity index (χ0v) is 18.2. The van der Waals surface area contributed by atoms with Gasteiger partial charge in [0.2, 0.25) is 21.9 Å². The van der Waals surface area contributed by atoms with Crippen LogP contribution in [0.5, 0.6) is 5.88 Å². The second-order valence-electron chi connectivity index (χ2n) is 7.73. The average molecular weight is 434 g/mol. The number of fused-ring (bicyclic) bond motifs is 1. The molecule has 10 nitrogen and oxygen atoms in total. The molecule has 1 aliphatic rings. The quantitative estimate of drug-likeness (QED) is 0.585. The van der Waals surface area contributed by atoms with Crippen LogP contribution in [0.3, 0.4) is 0 Å². The summed E-state index contributed by atoms with van der Waals surface area (Å²) >= 11 is 0. The largest absolute Gasteiger partial charge is 0.477 e. The van der Waals surface area contributed by atoms with Gasteiger partial charge in [-0.3, -0.25) is 5.10 Å². The smallest absolute Gasteiger partial charge is 0.243 e. The molecule has 4 rings (SSSR count). The zero-order chi connectivity index (χ0) is 21.3. The summed E-state index contributed by atoms with van der Waals surface area (Å²) in [5, 5.41) is 14.9. The number of H-pyrrole nitrogens is 1. The van der Waals surface area contributed by atoms with Crippen LogP contribution in [-0.2, 0) is 10.0 Å². The van der Waals surface area contributed by atoms with Gasteiger partial charge in [-0.2, -0.15) is 14.6 Å². The molecule has 30 heavy (non-hydrogen) atoms. The van der Waals surface area contributed by atoms with Crippen LogP contribution in [0.1, 0.15) is 26.7 Å².